The first kappa shape index (κ1) is 12.2. The summed E-state index contributed by atoms with van der Waals surface area (Å²) < 4.78 is 5.75. The Morgan fingerprint density at radius 2 is 1.45 bits per heavy atom. The largest absolute Gasteiger partial charge is 0.453 e. The molecule has 2 aromatic carbocycles. The van der Waals surface area contributed by atoms with Crippen LogP contribution in [-0.4, -0.2) is 5.84 Å². The summed E-state index contributed by atoms with van der Waals surface area (Å²) in [4.78, 5) is 4.34. The van der Waals surface area contributed by atoms with Crippen molar-refractivity contribution < 1.29 is 4.42 Å². The van der Waals surface area contributed by atoms with E-state index in [0.717, 1.165) is 17.0 Å². The van der Waals surface area contributed by atoms with Crippen LogP contribution in [0.25, 0.3) is 11.3 Å². The fourth-order valence-corrected chi connectivity index (χ4v) is 1.93. The molecule has 20 heavy (non-hydrogen) atoms. The lowest BCUT2D eigenvalue weighted by Crippen LogP contribution is -2.11. The zero-order chi connectivity index (χ0) is 13.8. The number of benzene rings is 2. The molecule has 3 rings (SSSR count). The first-order valence-electron chi connectivity index (χ1n) is 6.38. The minimum absolute atomic E-state index is 0.374. The van der Waals surface area contributed by atoms with Gasteiger partial charge in [0.15, 0.2) is 11.6 Å². The van der Waals surface area contributed by atoms with Crippen LogP contribution >= 0.6 is 0 Å². The average molecular weight is 262 g/mol. The van der Waals surface area contributed by atoms with Crippen molar-refractivity contribution in [1.29, 1.82) is 0 Å². The maximum atomic E-state index is 5.97. The van der Waals surface area contributed by atoms with Crippen LogP contribution in [0.3, 0.4) is 0 Å². The Morgan fingerprint density at radius 1 is 0.800 bits per heavy atom. The van der Waals surface area contributed by atoms with Crippen LogP contribution in [0.4, 0.5) is 5.69 Å². The Kier molecular flexibility index (Phi) is 3.33. The molecule has 0 spiro atoms. The lowest BCUT2D eigenvalue weighted by Gasteiger charge is -1.98. The number of amidine groups is 1. The molecule has 0 aliphatic heterocycles. The molecular formula is C17H14N2O. The summed E-state index contributed by atoms with van der Waals surface area (Å²) >= 11 is 0. The lowest BCUT2D eigenvalue weighted by atomic mass is 10.2. The van der Waals surface area contributed by atoms with E-state index >= 15 is 0 Å². The van der Waals surface area contributed by atoms with Gasteiger partial charge >= 0.3 is 0 Å². The minimum Gasteiger partial charge on any atom is -0.453 e. The quantitative estimate of drug-likeness (QED) is 0.573. The highest BCUT2D eigenvalue weighted by Gasteiger charge is 2.07. The molecule has 0 unspecified atom stereocenters. The van der Waals surface area contributed by atoms with Crippen molar-refractivity contribution in [3.05, 3.63) is 78.6 Å². The number of hydrogen-bond acceptors (Lipinski definition) is 2. The highest BCUT2D eigenvalue weighted by molar-refractivity contribution is 5.97. The molecule has 3 heteroatoms. The normalized spacial score (nSPS) is 11.5. The summed E-state index contributed by atoms with van der Waals surface area (Å²) in [6.45, 7) is 0. The minimum atomic E-state index is 0.374. The molecular weight excluding hydrogens is 248 g/mol. The number of nitrogens with two attached hydrogens (primary N) is 1. The van der Waals surface area contributed by atoms with Gasteiger partial charge in [-0.05, 0) is 24.3 Å². The molecule has 0 fully saturated rings. The number of aliphatic imine (C=N–C) groups is 1. The molecule has 0 amide bonds. The van der Waals surface area contributed by atoms with Crippen molar-refractivity contribution in [2.24, 2.45) is 10.7 Å². The summed E-state index contributed by atoms with van der Waals surface area (Å²) in [6.07, 6.45) is 0. The van der Waals surface area contributed by atoms with E-state index in [-0.39, 0.29) is 0 Å². The van der Waals surface area contributed by atoms with E-state index in [4.69, 9.17) is 10.2 Å². The van der Waals surface area contributed by atoms with E-state index in [1.807, 2.05) is 72.8 Å². The molecule has 98 valence electrons. The fraction of sp³-hybridized carbons (Fsp3) is 0. The predicted molar refractivity (Wildman–Crippen MR) is 81.0 cm³/mol. The zero-order valence-electron chi connectivity index (χ0n) is 10.9. The van der Waals surface area contributed by atoms with Gasteiger partial charge in [0, 0.05) is 5.56 Å². The van der Waals surface area contributed by atoms with Crippen LogP contribution in [0.15, 0.2) is 82.2 Å². The Balaban J connectivity index is 1.89. The third kappa shape index (κ3) is 2.62. The summed E-state index contributed by atoms with van der Waals surface area (Å²) in [5, 5.41) is 0. The van der Waals surface area contributed by atoms with Crippen LogP contribution < -0.4 is 5.73 Å². The Hall–Kier alpha value is -2.81. The predicted octanol–water partition coefficient (Wildman–Crippen LogP) is 3.98. The zero-order valence-corrected chi connectivity index (χ0v) is 10.9. The monoisotopic (exact) mass is 262 g/mol. The van der Waals surface area contributed by atoms with E-state index in [9.17, 15) is 0 Å². The van der Waals surface area contributed by atoms with E-state index in [2.05, 4.69) is 4.99 Å². The Labute approximate surface area is 117 Å². The number of nitrogens with zero attached hydrogens (tertiary/aromatic N) is 1. The van der Waals surface area contributed by atoms with Crippen LogP contribution in [0.1, 0.15) is 5.76 Å². The van der Waals surface area contributed by atoms with Crippen molar-refractivity contribution in [2.75, 3.05) is 0 Å². The molecule has 0 saturated heterocycles. The van der Waals surface area contributed by atoms with Crippen molar-refractivity contribution in [1.82, 2.24) is 0 Å². The van der Waals surface area contributed by atoms with Gasteiger partial charge in [-0.1, -0.05) is 48.5 Å². The van der Waals surface area contributed by atoms with Gasteiger partial charge in [0.05, 0.1) is 5.69 Å². The van der Waals surface area contributed by atoms with Crippen molar-refractivity contribution in [3.8, 4) is 11.3 Å². The van der Waals surface area contributed by atoms with Crippen molar-refractivity contribution in [3.63, 3.8) is 0 Å². The van der Waals surface area contributed by atoms with E-state index in [1.165, 1.54) is 0 Å². The lowest BCUT2D eigenvalue weighted by molar-refractivity contribution is 0.571. The fourth-order valence-electron chi connectivity index (χ4n) is 1.93. The third-order valence-electron chi connectivity index (χ3n) is 2.92. The summed E-state index contributed by atoms with van der Waals surface area (Å²) in [6, 6.07) is 23.2. The summed E-state index contributed by atoms with van der Waals surface area (Å²) in [5.74, 6) is 1.73. The molecule has 1 aromatic heterocycles. The van der Waals surface area contributed by atoms with Gasteiger partial charge in [0.2, 0.25) is 0 Å². The van der Waals surface area contributed by atoms with Gasteiger partial charge < -0.3 is 10.2 Å². The average Bonchev–Trinajstić information content (AvgIpc) is 2.99. The maximum Gasteiger partial charge on any atom is 0.169 e. The second kappa shape index (κ2) is 5.45. The highest BCUT2D eigenvalue weighted by Crippen LogP contribution is 2.22. The number of rotatable bonds is 3. The summed E-state index contributed by atoms with van der Waals surface area (Å²) in [5.41, 5.74) is 7.80. The first-order chi connectivity index (χ1) is 9.83. The molecule has 0 atom stereocenters. The smallest absolute Gasteiger partial charge is 0.169 e. The number of para-hydroxylation sites is 1. The molecule has 0 radical (unpaired) electrons. The summed E-state index contributed by atoms with van der Waals surface area (Å²) in [7, 11) is 0. The van der Waals surface area contributed by atoms with Gasteiger partial charge in [-0.15, -0.1) is 0 Å². The molecule has 3 aromatic rings. The van der Waals surface area contributed by atoms with Crippen LogP contribution in [0, 0.1) is 0 Å². The van der Waals surface area contributed by atoms with Crippen LogP contribution in [0.5, 0.6) is 0 Å². The number of hydrogen-bond donors (Lipinski definition) is 1. The molecule has 3 nitrogen and oxygen atoms in total. The third-order valence-corrected chi connectivity index (χ3v) is 2.92. The van der Waals surface area contributed by atoms with Crippen molar-refractivity contribution in [2.45, 2.75) is 0 Å². The second-order valence-corrected chi connectivity index (χ2v) is 4.36. The topological polar surface area (TPSA) is 51.5 Å². The Bertz CT molecular complexity index is 715. The van der Waals surface area contributed by atoms with Crippen molar-refractivity contribution >= 4 is 11.5 Å². The molecule has 2 N–H and O–H groups in total. The van der Waals surface area contributed by atoms with Gasteiger partial charge in [-0.2, -0.15) is 0 Å². The second-order valence-electron chi connectivity index (χ2n) is 4.36. The number of furan rings is 1. The van der Waals surface area contributed by atoms with Gasteiger partial charge in [-0.25, -0.2) is 4.99 Å². The molecule has 1 heterocycles. The van der Waals surface area contributed by atoms with Crippen LogP contribution in [-0.2, 0) is 0 Å². The highest BCUT2D eigenvalue weighted by atomic mass is 16.3. The van der Waals surface area contributed by atoms with Gasteiger partial charge in [0.25, 0.3) is 0 Å². The van der Waals surface area contributed by atoms with Gasteiger partial charge in [-0.3, -0.25) is 0 Å². The van der Waals surface area contributed by atoms with Crippen LogP contribution in [0.2, 0.25) is 0 Å². The van der Waals surface area contributed by atoms with E-state index in [1.54, 1.807) is 0 Å². The van der Waals surface area contributed by atoms with Gasteiger partial charge in [0.1, 0.15) is 5.76 Å². The molecule has 0 saturated carbocycles. The Morgan fingerprint density at radius 3 is 2.15 bits per heavy atom. The molecule has 0 aliphatic carbocycles. The van der Waals surface area contributed by atoms with E-state index < -0.39 is 0 Å². The molecule has 0 bridgehead atoms. The standard InChI is InChI=1S/C17H14N2O/c18-17(19-14-9-5-2-6-10-14)16-12-11-15(20-16)13-7-3-1-4-8-13/h1-12H,(H2,18,19). The first-order valence-corrected chi connectivity index (χ1v) is 6.38. The maximum absolute atomic E-state index is 5.97. The SMILES string of the molecule is NC(=Nc1ccccc1)c1ccc(-c2ccccc2)o1. The molecule has 0 aliphatic rings. The van der Waals surface area contributed by atoms with E-state index in [0.29, 0.717) is 11.6 Å².